The van der Waals surface area contributed by atoms with Crippen LogP contribution in [0.2, 0.25) is 0 Å². The largest absolute Gasteiger partial charge is 1.00 e. The Balaban J connectivity index is 0.00000112. The molecule has 1 aliphatic rings. The summed E-state index contributed by atoms with van der Waals surface area (Å²) in [7, 11) is 0. The molecule has 0 saturated heterocycles. The summed E-state index contributed by atoms with van der Waals surface area (Å²) in [6.07, 6.45) is 0.560. The van der Waals surface area contributed by atoms with Gasteiger partial charge in [0.2, 0.25) is 0 Å². The average molecular weight is 244 g/mol. The van der Waals surface area contributed by atoms with E-state index in [2.05, 4.69) is 10.1 Å². The summed E-state index contributed by atoms with van der Waals surface area (Å²) >= 11 is 0. The SMILES string of the molecule is F[B-](F)(F)CN1CCn2ncnc2C1.[K+]. The third-order valence-electron chi connectivity index (χ3n) is 2.15. The van der Waals surface area contributed by atoms with Crippen LogP contribution in [0.15, 0.2) is 6.33 Å². The fourth-order valence-corrected chi connectivity index (χ4v) is 1.56. The zero-order chi connectivity index (χ0) is 10.2. The van der Waals surface area contributed by atoms with Gasteiger partial charge in [0.1, 0.15) is 12.2 Å². The van der Waals surface area contributed by atoms with Gasteiger partial charge in [-0.2, -0.15) is 5.10 Å². The molecule has 1 aliphatic heterocycles. The summed E-state index contributed by atoms with van der Waals surface area (Å²) in [6.45, 7) is -3.63. The first-order valence-corrected chi connectivity index (χ1v) is 4.34. The Morgan fingerprint density at radius 3 is 2.73 bits per heavy atom. The molecule has 0 saturated carbocycles. The molecule has 4 nitrogen and oxygen atoms in total. The van der Waals surface area contributed by atoms with Crippen molar-refractivity contribution >= 4 is 6.98 Å². The number of hydrogen-bond donors (Lipinski definition) is 0. The first-order chi connectivity index (χ1) is 6.54. The van der Waals surface area contributed by atoms with E-state index >= 15 is 0 Å². The number of rotatable bonds is 2. The van der Waals surface area contributed by atoms with Gasteiger partial charge in [-0.3, -0.25) is 0 Å². The quantitative estimate of drug-likeness (QED) is 0.539. The van der Waals surface area contributed by atoms with Crippen LogP contribution in [0.1, 0.15) is 5.82 Å². The van der Waals surface area contributed by atoms with Gasteiger partial charge in [-0.15, -0.1) is 0 Å². The summed E-state index contributed by atoms with van der Waals surface area (Å²) < 4.78 is 38.0. The van der Waals surface area contributed by atoms with Crippen molar-refractivity contribution in [3.63, 3.8) is 0 Å². The Morgan fingerprint density at radius 1 is 1.33 bits per heavy atom. The van der Waals surface area contributed by atoms with Crippen LogP contribution in [0.3, 0.4) is 0 Å². The maximum Gasteiger partial charge on any atom is 1.00 e. The molecular formula is C6H9BF3KN4. The molecule has 0 aromatic carbocycles. The normalized spacial score (nSPS) is 17.0. The number of nitrogens with zero attached hydrogens (tertiary/aromatic N) is 4. The van der Waals surface area contributed by atoms with Crippen LogP contribution in [-0.2, 0) is 13.1 Å². The van der Waals surface area contributed by atoms with E-state index in [1.54, 1.807) is 4.68 Å². The van der Waals surface area contributed by atoms with E-state index < -0.39 is 13.4 Å². The molecule has 0 spiro atoms. The van der Waals surface area contributed by atoms with Gasteiger partial charge in [-0.25, -0.2) is 9.67 Å². The van der Waals surface area contributed by atoms with Gasteiger partial charge in [0.05, 0.1) is 13.1 Å². The first-order valence-electron chi connectivity index (χ1n) is 4.34. The fraction of sp³-hybridized carbons (Fsp3) is 0.667. The second-order valence-electron chi connectivity index (χ2n) is 3.34. The summed E-state index contributed by atoms with van der Waals surface area (Å²) in [5, 5.41) is 3.89. The van der Waals surface area contributed by atoms with Crippen LogP contribution in [0.4, 0.5) is 12.9 Å². The second kappa shape index (κ2) is 5.28. The summed E-state index contributed by atoms with van der Waals surface area (Å²) in [4.78, 5) is 5.24. The van der Waals surface area contributed by atoms with Gasteiger partial charge in [0.25, 0.3) is 0 Å². The van der Waals surface area contributed by atoms with Crippen molar-refractivity contribution < 1.29 is 64.3 Å². The van der Waals surface area contributed by atoms with Gasteiger partial charge in [0.15, 0.2) is 0 Å². The smallest absolute Gasteiger partial charge is 0.448 e. The monoisotopic (exact) mass is 244 g/mol. The molecular weight excluding hydrogens is 235 g/mol. The first kappa shape index (κ1) is 13.7. The summed E-state index contributed by atoms with van der Waals surface area (Å²) in [6, 6.07) is 0. The number of aromatic nitrogens is 3. The molecule has 2 rings (SSSR count). The molecule has 0 N–H and O–H groups in total. The van der Waals surface area contributed by atoms with Crippen LogP contribution in [0, 0.1) is 0 Å². The van der Waals surface area contributed by atoms with Crippen LogP contribution in [0.5, 0.6) is 0 Å². The molecule has 0 aliphatic carbocycles. The maximum atomic E-state index is 12.1. The van der Waals surface area contributed by atoms with Crippen molar-refractivity contribution in [1.82, 2.24) is 19.7 Å². The summed E-state index contributed by atoms with van der Waals surface area (Å²) in [5.41, 5.74) is 0. The number of hydrogen-bond acceptors (Lipinski definition) is 3. The zero-order valence-electron chi connectivity index (χ0n) is 8.41. The molecule has 2 heterocycles. The van der Waals surface area contributed by atoms with E-state index in [1.807, 2.05) is 0 Å². The van der Waals surface area contributed by atoms with Gasteiger partial charge >= 0.3 is 58.4 Å². The molecule has 0 amide bonds. The molecule has 78 valence electrons. The minimum Gasteiger partial charge on any atom is -0.448 e. The Kier molecular flexibility index (Phi) is 4.81. The molecule has 15 heavy (non-hydrogen) atoms. The molecule has 9 heteroatoms. The minimum absolute atomic E-state index is 0. The molecule has 0 unspecified atom stereocenters. The van der Waals surface area contributed by atoms with E-state index in [1.165, 1.54) is 11.2 Å². The van der Waals surface area contributed by atoms with Crippen molar-refractivity contribution in [2.75, 3.05) is 13.0 Å². The van der Waals surface area contributed by atoms with Crippen LogP contribution >= 0.6 is 0 Å². The molecule has 0 atom stereocenters. The van der Waals surface area contributed by atoms with E-state index in [4.69, 9.17) is 0 Å². The van der Waals surface area contributed by atoms with Crippen LogP contribution in [0.25, 0.3) is 0 Å². The molecule has 0 radical (unpaired) electrons. The van der Waals surface area contributed by atoms with Crippen LogP contribution < -0.4 is 51.4 Å². The van der Waals surface area contributed by atoms with Crippen molar-refractivity contribution in [1.29, 1.82) is 0 Å². The standard InChI is InChI=1S/C6H9BF3N4.K/c8-7(9,10)4-13-1-2-14-6(3-13)11-5-12-14;/h5H,1-4H2;/q-1;+1. The average Bonchev–Trinajstić information content (AvgIpc) is 2.47. The van der Waals surface area contributed by atoms with E-state index in [9.17, 15) is 12.9 Å². The van der Waals surface area contributed by atoms with E-state index in [-0.39, 0.29) is 57.9 Å². The Bertz CT molecular complexity index is 328. The van der Waals surface area contributed by atoms with E-state index in [0.717, 1.165) is 0 Å². The molecule has 0 fully saturated rings. The third-order valence-corrected chi connectivity index (χ3v) is 2.15. The fourth-order valence-electron chi connectivity index (χ4n) is 1.56. The predicted molar refractivity (Wildman–Crippen MR) is 44.4 cm³/mol. The Labute approximate surface area is 128 Å². The maximum absolute atomic E-state index is 12.1. The van der Waals surface area contributed by atoms with Gasteiger partial charge in [-0.05, 0) is 6.44 Å². The third kappa shape index (κ3) is 3.83. The van der Waals surface area contributed by atoms with E-state index in [0.29, 0.717) is 18.9 Å². The topological polar surface area (TPSA) is 34.0 Å². The van der Waals surface area contributed by atoms with Crippen molar-refractivity contribution in [3.8, 4) is 0 Å². The molecule has 1 aromatic rings. The summed E-state index contributed by atoms with van der Waals surface area (Å²) in [5.74, 6) is 0.608. The Hall–Kier alpha value is 0.591. The molecule has 1 aromatic heterocycles. The minimum atomic E-state index is -4.74. The van der Waals surface area contributed by atoms with Crippen LogP contribution in [-0.4, -0.2) is 39.6 Å². The van der Waals surface area contributed by atoms with Crippen molar-refractivity contribution in [3.05, 3.63) is 12.2 Å². The zero-order valence-corrected chi connectivity index (χ0v) is 11.5. The number of halogens is 3. The van der Waals surface area contributed by atoms with Crippen molar-refractivity contribution in [2.24, 2.45) is 0 Å². The Morgan fingerprint density at radius 2 is 2.07 bits per heavy atom. The number of fused-ring (bicyclic) bond motifs is 1. The second-order valence-corrected chi connectivity index (χ2v) is 3.34. The van der Waals surface area contributed by atoms with Crippen molar-refractivity contribution in [2.45, 2.75) is 13.1 Å². The predicted octanol–water partition coefficient (Wildman–Crippen LogP) is -2.52. The molecule has 0 bridgehead atoms. The van der Waals surface area contributed by atoms with Gasteiger partial charge < -0.3 is 17.8 Å². The van der Waals surface area contributed by atoms with Gasteiger partial charge in [-0.1, -0.05) is 0 Å². The van der Waals surface area contributed by atoms with Gasteiger partial charge in [0, 0.05) is 6.54 Å².